The van der Waals surface area contributed by atoms with Crippen LogP contribution in [0.15, 0.2) is 12.7 Å². The molecule has 2 heterocycles. The Morgan fingerprint density at radius 3 is 2.57 bits per heavy atom. The van der Waals surface area contributed by atoms with Gasteiger partial charge in [-0.3, -0.25) is 4.57 Å². The second-order valence-corrected chi connectivity index (χ2v) is 7.14. The number of hydrogen-bond acceptors (Lipinski definition) is 8. The summed E-state index contributed by atoms with van der Waals surface area (Å²) in [4.78, 5) is 12.3. The third-order valence-corrected chi connectivity index (χ3v) is 5.70. The van der Waals surface area contributed by atoms with Crippen LogP contribution in [0.4, 0.5) is 5.82 Å². The molecule has 0 unspecified atom stereocenters. The Bertz CT molecular complexity index is 682. The van der Waals surface area contributed by atoms with Crippen LogP contribution in [0.3, 0.4) is 0 Å². The minimum atomic E-state index is -3.33. The molecule has 1 atom stereocenters. The fourth-order valence-corrected chi connectivity index (χ4v) is 4.23. The lowest BCUT2D eigenvalue weighted by atomic mass is 10.4. The topological polar surface area (TPSA) is 114 Å². The second kappa shape index (κ2) is 7.83. The summed E-state index contributed by atoms with van der Waals surface area (Å²) in [6.45, 7) is 4.66. The standard InChI is InChI=1S/C13H22N5O4P/c1-4-21-23(19,22-5-2)10(7-20-3)6-18-9-17-11-12(14)15-8-16-13(11)18/h8-10H,4-7H2,1-3H3,(H2,14,15,16)/t10-/m1/s1. The Hall–Kier alpha value is -1.54. The van der Waals surface area contributed by atoms with Gasteiger partial charge in [0.05, 0.1) is 26.1 Å². The summed E-state index contributed by atoms with van der Waals surface area (Å²) >= 11 is 0. The molecule has 9 nitrogen and oxygen atoms in total. The zero-order valence-corrected chi connectivity index (χ0v) is 14.4. The van der Waals surface area contributed by atoms with Gasteiger partial charge in [-0.05, 0) is 13.8 Å². The molecule has 0 aliphatic carbocycles. The third kappa shape index (κ3) is 3.87. The molecule has 0 aliphatic heterocycles. The van der Waals surface area contributed by atoms with Gasteiger partial charge >= 0.3 is 7.60 Å². The molecule has 2 aromatic rings. The average molecular weight is 343 g/mol. The molecule has 2 N–H and O–H groups in total. The van der Waals surface area contributed by atoms with Crippen LogP contribution in [-0.2, 0) is 24.9 Å². The minimum Gasteiger partial charge on any atom is -0.384 e. The van der Waals surface area contributed by atoms with Crippen LogP contribution in [0, 0.1) is 0 Å². The molecule has 0 fully saturated rings. The molecular formula is C13H22N5O4P. The van der Waals surface area contributed by atoms with Crippen molar-refractivity contribution in [2.24, 2.45) is 0 Å². The van der Waals surface area contributed by atoms with E-state index in [0.29, 0.717) is 23.5 Å². The van der Waals surface area contributed by atoms with Gasteiger partial charge in [-0.1, -0.05) is 0 Å². The second-order valence-electron chi connectivity index (χ2n) is 4.81. The van der Waals surface area contributed by atoms with E-state index < -0.39 is 13.3 Å². The van der Waals surface area contributed by atoms with Gasteiger partial charge in [-0.25, -0.2) is 15.0 Å². The first-order valence-electron chi connectivity index (χ1n) is 7.34. The largest absolute Gasteiger partial charge is 0.384 e. The summed E-state index contributed by atoms with van der Waals surface area (Å²) in [5.74, 6) is 0.301. The molecule has 0 spiro atoms. The van der Waals surface area contributed by atoms with Gasteiger partial charge in [0, 0.05) is 13.7 Å². The number of fused-ring (bicyclic) bond motifs is 1. The van der Waals surface area contributed by atoms with Crippen molar-refractivity contribution >= 4 is 24.6 Å². The maximum Gasteiger partial charge on any atom is 0.337 e. The Kier molecular flexibility index (Phi) is 6.06. The average Bonchev–Trinajstić information content (AvgIpc) is 2.92. The van der Waals surface area contributed by atoms with Gasteiger partial charge in [-0.15, -0.1) is 0 Å². The fourth-order valence-electron chi connectivity index (χ4n) is 2.30. The molecule has 0 aromatic carbocycles. The van der Waals surface area contributed by atoms with Crippen molar-refractivity contribution in [2.45, 2.75) is 26.1 Å². The van der Waals surface area contributed by atoms with E-state index in [1.165, 1.54) is 6.33 Å². The fraction of sp³-hybridized carbons (Fsp3) is 0.615. The zero-order valence-electron chi connectivity index (χ0n) is 13.5. The molecule has 128 valence electrons. The lowest BCUT2D eigenvalue weighted by Crippen LogP contribution is -2.24. The molecule has 0 saturated heterocycles. The Labute approximate surface area is 134 Å². The van der Waals surface area contributed by atoms with E-state index in [0.717, 1.165) is 0 Å². The highest BCUT2D eigenvalue weighted by Gasteiger charge is 2.36. The van der Waals surface area contributed by atoms with Gasteiger partial charge in [0.2, 0.25) is 0 Å². The van der Waals surface area contributed by atoms with Crippen LogP contribution in [0.5, 0.6) is 0 Å². The van der Waals surface area contributed by atoms with Crippen LogP contribution in [-0.4, -0.2) is 52.1 Å². The lowest BCUT2D eigenvalue weighted by molar-refractivity contribution is 0.159. The summed E-state index contributed by atoms with van der Waals surface area (Å²) in [5, 5.41) is 0. The number of methoxy groups -OCH3 is 1. The molecule has 0 saturated carbocycles. The first-order valence-corrected chi connectivity index (χ1v) is 8.95. The summed E-state index contributed by atoms with van der Waals surface area (Å²) in [6.07, 6.45) is 2.95. The summed E-state index contributed by atoms with van der Waals surface area (Å²) in [5.41, 5.74) is 6.37. The predicted molar refractivity (Wildman–Crippen MR) is 86.3 cm³/mol. The van der Waals surface area contributed by atoms with Crippen LogP contribution >= 0.6 is 7.60 Å². The number of hydrogen-bond donors (Lipinski definition) is 1. The van der Waals surface area contributed by atoms with Crippen molar-refractivity contribution in [3.05, 3.63) is 12.7 Å². The van der Waals surface area contributed by atoms with Crippen molar-refractivity contribution in [2.75, 3.05) is 32.7 Å². The SMILES string of the molecule is CCOP(=O)(OCC)[C@@H](COC)Cn1cnc2c(N)ncnc21. The van der Waals surface area contributed by atoms with Gasteiger partial charge in [0.15, 0.2) is 11.5 Å². The van der Waals surface area contributed by atoms with Crippen molar-refractivity contribution < 1.29 is 18.3 Å². The zero-order chi connectivity index (χ0) is 16.9. The number of nitrogen functional groups attached to an aromatic ring is 1. The number of anilines is 1. The minimum absolute atomic E-state index is 0.220. The number of imidazole rings is 1. The van der Waals surface area contributed by atoms with E-state index in [9.17, 15) is 4.57 Å². The van der Waals surface area contributed by atoms with Crippen LogP contribution < -0.4 is 5.73 Å². The molecule has 2 rings (SSSR count). The van der Waals surface area contributed by atoms with E-state index in [2.05, 4.69) is 15.0 Å². The molecule has 0 bridgehead atoms. The van der Waals surface area contributed by atoms with E-state index in [-0.39, 0.29) is 19.8 Å². The van der Waals surface area contributed by atoms with Gasteiger partial charge in [0.25, 0.3) is 0 Å². The number of nitrogens with zero attached hydrogens (tertiary/aromatic N) is 4. The molecule has 23 heavy (non-hydrogen) atoms. The number of ether oxygens (including phenoxy) is 1. The van der Waals surface area contributed by atoms with E-state index in [4.69, 9.17) is 19.5 Å². The molecule has 10 heteroatoms. The molecule has 2 aromatic heterocycles. The quantitative estimate of drug-likeness (QED) is 0.684. The van der Waals surface area contributed by atoms with Crippen molar-refractivity contribution in [3.63, 3.8) is 0 Å². The molecule has 0 amide bonds. The van der Waals surface area contributed by atoms with Gasteiger partial charge in [-0.2, -0.15) is 0 Å². The van der Waals surface area contributed by atoms with Crippen molar-refractivity contribution in [1.29, 1.82) is 0 Å². The number of nitrogens with two attached hydrogens (primary N) is 1. The van der Waals surface area contributed by atoms with Crippen molar-refractivity contribution in [3.8, 4) is 0 Å². The molecule has 0 aliphatic rings. The van der Waals surface area contributed by atoms with E-state index in [1.807, 2.05) is 0 Å². The van der Waals surface area contributed by atoms with Crippen LogP contribution in [0.2, 0.25) is 0 Å². The third-order valence-electron chi connectivity index (χ3n) is 3.26. The van der Waals surface area contributed by atoms with Gasteiger partial charge in [0.1, 0.15) is 17.5 Å². The normalized spacial score (nSPS) is 13.5. The Balaban J connectivity index is 2.34. The summed E-state index contributed by atoms with van der Waals surface area (Å²) in [7, 11) is -1.78. The van der Waals surface area contributed by atoms with Crippen LogP contribution in [0.1, 0.15) is 13.8 Å². The van der Waals surface area contributed by atoms with Gasteiger partial charge < -0.3 is 24.1 Å². The molecule has 0 radical (unpaired) electrons. The smallest absolute Gasteiger partial charge is 0.337 e. The van der Waals surface area contributed by atoms with Crippen LogP contribution in [0.25, 0.3) is 11.2 Å². The van der Waals surface area contributed by atoms with E-state index in [1.54, 1.807) is 31.9 Å². The highest BCUT2D eigenvalue weighted by atomic mass is 31.2. The van der Waals surface area contributed by atoms with Crippen molar-refractivity contribution in [1.82, 2.24) is 19.5 Å². The molecular weight excluding hydrogens is 321 g/mol. The maximum atomic E-state index is 13.0. The summed E-state index contributed by atoms with van der Waals surface area (Å²) < 4.78 is 30.8. The Morgan fingerprint density at radius 1 is 1.26 bits per heavy atom. The highest BCUT2D eigenvalue weighted by Crippen LogP contribution is 2.53. The highest BCUT2D eigenvalue weighted by molar-refractivity contribution is 7.54. The van der Waals surface area contributed by atoms with E-state index >= 15 is 0 Å². The summed E-state index contributed by atoms with van der Waals surface area (Å²) in [6, 6.07) is 0. The lowest BCUT2D eigenvalue weighted by Gasteiger charge is -2.26. The number of rotatable bonds is 9. The Morgan fingerprint density at radius 2 is 1.96 bits per heavy atom. The first kappa shape index (κ1) is 17.8. The first-order chi connectivity index (χ1) is 11.1. The number of aromatic nitrogens is 4. The maximum absolute atomic E-state index is 13.0. The predicted octanol–water partition coefficient (Wildman–Crippen LogP) is 1.69. The monoisotopic (exact) mass is 343 g/mol.